The fourth-order valence-electron chi connectivity index (χ4n) is 5.46. The van der Waals surface area contributed by atoms with Gasteiger partial charge in [0.1, 0.15) is 6.10 Å². The summed E-state index contributed by atoms with van der Waals surface area (Å²) in [5, 5.41) is 9.05. The lowest BCUT2D eigenvalue weighted by atomic mass is 9.69. The van der Waals surface area contributed by atoms with Crippen molar-refractivity contribution in [3.63, 3.8) is 0 Å². The Labute approximate surface area is 153 Å². The third kappa shape index (κ3) is 4.99. The van der Waals surface area contributed by atoms with Gasteiger partial charge in [0.15, 0.2) is 0 Å². The molecule has 0 aliphatic heterocycles. The van der Waals surface area contributed by atoms with E-state index in [0.717, 1.165) is 56.3 Å². The molecule has 0 aromatic rings. The van der Waals surface area contributed by atoms with E-state index in [0.29, 0.717) is 5.92 Å². The number of carbonyl (C=O) groups excluding carboxylic acids is 1. The summed E-state index contributed by atoms with van der Waals surface area (Å²) in [7, 11) is 0. The summed E-state index contributed by atoms with van der Waals surface area (Å²) in [6.45, 7) is 2.27. The van der Waals surface area contributed by atoms with Crippen LogP contribution in [0.15, 0.2) is 0 Å². The molecule has 3 aliphatic rings. The van der Waals surface area contributed by atoms with Crippen LogP contribution in [0.3, 0.4) is 0 Å². The van der Waals surface area contributed by atoms with Gasteiger partial charge in [0.25, 0.3) is 0 Å². The summed E-state index contributed by atoms with van der Waals surface area (Å²) >= 11 is 0. The first-order valence-corrected chi connectivity index (χ1v) is 10.8. The van der Waals surface area contributed by atoms with Gasteiger partial charge in [-0.05, 0) is 94.8 Å². The van der Waals surface area contributed by atoms with Crippen molar-refractivity contribution < 1.29 is 9.53 Å². The molecule has 3 fully saturated rings. The highest BCUT2D eigenvalue weighted by Crippen LogP contribution is 2.41. The van der Waals surface area contributed by atoms with Crippen molar-refractivity contribution in [1.82, 2.24) is 0 Å². The predicted octanol–water partition coefficient (Wildman–Crippen LogP) is 5.63. The maximum atomic E-state index is 12.5. The predicted molar refractivity (Wildman–Crippen MR) is 98.6 cm³/mol. The number of hydrogen-bond acceptors (Lipinski definition) is 3. The zero-order valence-electron chi connectivity index (χ0n) is 15.9. The minimum atomic E-state index is 0.0894. The number of ether oxygens (including phenoxy) is 1. The first-order valence-electron chi connectivity index (χ1n) is 10.8. The van der Waals surface area contributed by atoms with Gasteiger partial charge in [-0.2, -0.15) is 5.26 Å². The molecule has 140 valence electrons. The minimum Gasteiger partial charge on any atom is -0.462 e. The standard InChI is InChI=1S/C22H35NO2/c1-2-16-5-13-21(14-6-16)25-22(24)20-11-9-19(10-12-20)18-7-3-17(15-23)4-8-18/h16-21H,2-14H2,1H3. The zero-order valence-corrected chi connectivity index (χ0v) is 15.9. The molecule has 3 aliphatic carbocycles. The molecule has 0 unspecified atom stereocenters. The van der Waals surface area contributed by atoms with Gasteiger partial charge in [-0.1, -0.05) is 13.3 Å². The minimum absolute atomic E-state index is 0.0894. The van der Waals surface area contributed by atoms with Crippen LogP contribution < -0.4 is 0 Å². The molecule has 0 aromatic heterocycles. The van der Waals surface area contributed by atoms with Crippen LogP contribution in [0.1, 0.15) is 90.4 Å². The lowest BCUT2D eigenvalue weighted by molar-refractivity contribution is -0.157. The Kier molecular flexibility index (Phi) is 6.79. The lowest BCUT2D eigenvalue weighted by Crippen LogP contribution is -2.32. The first kappa shape index (κ1) is 18.7. The van der Waals surface area contributed by atoms with Crippen LogP contribution >= 0.6 is 0 Å². The average molecular weight is 346 g/mol. The number of carbonyl (C=O) groups is 1. The quantitative estimate of drug-likeness (QED) is 0.620. The highest BCUT2D eigenvalue weighted by atomic mass is 16.5. The summed E-state index contributed by atoms with van der Waals surface area (Å²) in [5.74, 6) is 2.96. The molecule has 0 amide bonds. The van der Waals surface area contributed by atoms with Gasteiger partial charge in [-0.25, -0.2) is 0 Å². The van der Waals surface area contributed by atoms with Gasteiger partial charge in [-0.15, -0.1) is 0 Å². The van der Waals surface area contributed by atoms with Crippen molar-refractivity contribution in [3.05, 3.63) is 0 Å². The Bertz CT molecular complexity index is 459. The van der Waals surface area contributed by atoms with Crippen molar-refractivity contribution in [2.75, 3.05) is 0 Å². The summed E-state index contributed by atoms with van der Waals surface area (Å²) < 4.78 is 5.86. The van der Waals surface area contributed by atoms with E-state index in [9.17, 15) is 4.79 Å². The Hall–Kier alpha value is -1.04. The number of esters is 1. The molecule has 3 saturated carbocycles. The first-order chi connectivity index (χ1) is 12.2. The van der Waals surface area contributed by atoms with Crippen LogP contribution in [0.2, 0.25) is 0 Å². The van der Waals surface area contributed by atoms with Gasteiger partial charge in [-0.3, -0.25) is 4.79 Å². The molecular formula is C22H35NO2. The fraction of sp³-hybridized carbons (Fsp3) is 0.909. The van der Waals surface area contributed by atoms with Gasteiger partial charge in [0.2, 0.25) is 0 Å². The third-order valence-corrected chi connectivity index (χ3v) is 7.38. The molecule has 0 heterocycles. The highest BCUT2D eigenvalue weighted by molar-refractivity contribution is 5.72. The van der Waals surface area contributed by atoms with Crippen molar-refractivity contribution in [3.8, 4) is 6.07 Å². The number of nitriles is 1. The second-order valence-corrected chi connectivity index (χ2v) is 8.84. The molecule has 3 heteroatoms. The molecule has 0 aromatic carbocycles. The van der Waals surface area contributed by atoms with Gasteiger partial charge < -0.3 is 4.74 Å². The van der Waals surface area contributed by atoms with Gasteiger partial charge >= 0.3 is 5.97 Å². The molecule has 0 saturated heterocycles. The SMILES string of the molecule is CCC1CCC(OC(=O)C2CCC(C3CCC(C#N)CC3)CC2)CC1. The van der Waals surface area contributed by atoms with Crippen LogP contribution in [0.25, 0.3) is 0 Å². The molecule has 0 radical (unpaired) electrons. The Morgan fingerprint density at radius 3 is 1.96 bits per heavy atom. The van der Waals surface area contributed by atoms with Crippen molar-refractivity contribution >= 4 is 5.97 Å². The van der Waals surface area contributed by atoms with Gasteiger partial charge in [0, 0.05) is 5.92 Å². The molecule has 0 spiro atoms. The van der Waals surface area contributed by atoms with E-state index in [1.807, 2.05) is 0 Å². The molecule has 3 rings (SSSR count). The molecular weight excluding hydrogens is 310 g/mol. The Balaban J connectivity index is 1.37. The third-order valence-electron chi connectivity index (χ3n) is 7.38. The zero-order chi connectivity index (χ0) is 17.6. The van der Waals surface area contributed by atoms with E-state index in [1.54, 1.807) is 0 Å². The lowest BCUT2D eigenvalue weighted by Gasteiger charge is -2.36. The van der Waals surface area contributed by atoms with Crippen LogP contribution in [-0.4, -0.2) is 12.1 Å². The fourth-order valence-corrected chi connectivity index (χ4v) is 5.46. The summed E-state index contributed by atoms with van der Waals surface area (Å²) in [6, 6.07) is 2.43. The topological polar surface area (TPSA) is 50.1 Å². The summed E-state index contributed by atoms with van der Waals surface area (Å²) in [4.78, 5) is 12.5. The van der Waals surface area contributed by atoms with Crippen molar-refractivity contribution in [1.29, 1.82) is 5.26 Å². The molecule has 0 atom stereocenters. The number of nitrogens with zero attached hydrogens (tertiary/aromatic N) is 1. The Morgan fingerprint density at radius 1 is 0.880 bits per heavy atom. The average Bonchev–Trinajstić information content (AvgIpc) is 2.69. The normalized spacial score (nSPS) is 39.4. The van der Waals surface area contributed by atoms with E-state index in [-0.39, 0.29) is 18.0 Å². The van der Waals surface area contributed by atoms with Crippen molar-refractivity contribution in [2.45, 2.75) is 96.5 Å². The monoisotopic (exact) mass is 345 g/mol. The van der Waals surface area contributed by atoms with E-state index in [2.05, 4.69) is 13.0 Å². The van der Waals surface area contributed by atoms with E-state index >= 15 is 0 Å². The van der Waals surface area contributed by atoms with Crippen LogP contribution in [0.4, 0.5) is 0 Å². The summed E-state index contributed by atoms with van der Waals surface area (Å²) in [6.07, 6.45) is 15.1. The molecule has 25 heavy (non-hydrogen) atoms. The van der Waals surface area contributed by atoms with Crippen LogP contribution in [0.5, 0.6) is 0 Å². The van der Waals surface area contributed by atoms with Crippen LogP contribution in [0, 0.1) is 40.9 Å². The molecule has 0 bridgehead atoms. The van der Waals surface area contributed by atoms with Crippen molar-refractivity contribution in [2.24, 2.45) is 29.6 Å². The van der Waals surface area contributed by atoms with E-state index in [4.69, 9.17) is 10.00 Å². The molecule has 0 N–H and O–H groups in total. The van der Waals surface area contributed by atoms with E-state index < -0.39 is 0 Å². The summed E-state index contributed by atoms with van der Waals surface area (Å²) in [5.41, 5.74) is 0. The largest absolute Gasteiger partial charge is 0.462 e. The van der Waals surface area contributed by atoms with Gasteiger partial charge in [0.05, 0.1) is 12.0 Å². The molecule has 3 nitrogen and oxygen atoms in total. The smallest absolute Gasteiger partial charge is 0.309 e. The van der Waals surface area contributed by atoms with Crippen LogP contribution in [-0.2, 0) is 9.53 Å². The maximum Gasteiger partial charge on any atom is 0.309 e. The second kappa shape index (κ2) is 9.06. The highest BCUT2D eigenvalue weighted by Gasteiger charge is 2.34. The number of hydrogen-bond donors (Lipinski definition) is 0. The number of rotatable bonds is 4. The second-order valence-electron chi connectivity index (χ2n) is 8.84. The Morgan fingerprint density at radius 2 is 1.44 bits per heavy atom. The maximum absolute atomic E-state index is 12.5. The van der Waals surface area contributed by atoms with E-state index in [1.165, 1.54) is 44.9 Å².